The number of hydrogen-bond donors (Lipinski definition) is 1. The number of thiophene rings is 1. The summed E-state index contributed by atoms with van der Waals surface area (Å²) in [5.74, 6) is 0. The summed E-state index contributed by atoms with van der Waals surface area (Å²) in [4.78, 5) is 6.58. The van der Waals surface area contributed by atoms with Gasteiger partial charge in [0.2, 0.25) is 0 Å². The number of aromatic nitrogens is 1. The van der Waals surface area contributed by atoms with Crippen LogP contribution in [0.5, 0.6) is 0 Å². The maximum Gasteiger partial charge on any atom is 0.0931 e. The minimum absolute atomic E-state index is 0.236. The molecule has 0 fully saturated rings. The van der Waals surface area contributed by atoms with Crippen molar-refractivity contribution >= 4 is 34.3 Å². The molecule has 0 radical (unpaired) electrons. The zero-order valence-corrected chi connectivity index (χ0v) is 10.6. The third kappa shape index (κ3) is 2.58. The van der Waals surface area contributed by atoms with Crippen LogP contribution in [0.15, 0.2) is 23.8 Å². The number of nitrogens with one attached hydrogen (secondary N) is 1. The van der Waals surface area contributed by atoms with E-state index >= 15 is 0 Å². The average Bonchev–Trinajstić information content (AvgIpc) is 2.85. The highest BCUT2D eigenvalue weighted by atomic mass is 35.5. The molecule has 2 aromatic heterocycles. The molecule has 0 aliphatic rings. The van der Waals surface area contributed by atoms with Crippen molar-refractivity contribution in [2.24, 2.45) is 0 Å². The van der Waals surface area contributed by atoms with E-state index in [1.807, 2.05) is 17.8 Å². The monoisotopic (exact) mass is 258 g/mol. The number of thiazole rings is 1. The van der Waals surface area contributed by atoms with E-state index in [0.29, 0.717) is 0 Å². The fourth-order valence-corrected chi connectivity index (χ4v) is 3.34. The van der Waals surface area contributed by atoms with E-state index in [1.54, 1.807) is 22.7 Å². The highest BCUT2D eigenvalue weighted by molar-refractivity contribution is 7.16. The lowest BCUT2D eigenvalue weighted by atomic mass is 10.2. The molecule has 1 atom stereocenters. The smallest absolute Gasteiger partial charge is 0.0931 e. The second kappa shape index (κ2) is 5.07. The zero-order chi connectivity index (χ0) is 10.7. The molecule has 0 saturated carbocycles. The van der Waals surface area contributed by atoms with Gasteiger partial charge in [0.1, 0.15) is 0 Å². The van der Waals surface area contributed by atoms with E-state index in [9.17, 15) is 0 Å². The van der Waals surface area contributed by atoms with Crippen molar-refractivity contribution in [1.29, 1.82) is 0 Å². The van der Waals surface area contributed by atoms with Crippen LogP contribution in [0.4, 0.5) is 0 Å². The van der Waals surface area contributed by atoms with Crippen LogP contribution in [0.1, 0.15) is 22.7 Å². The molecule has 0 amide bonds. The largest absolute Gasteiger partial charge is 0.305 e. The van der Waals surface area contributed by atoms with Crippen LogP contribution in [0, 0.1) is 0 Å². The highest BCUT2D eigenvalue weighted by Crippen LogP contribution is 2.32. The first-order chi connectivity index (χ1) is 7.31. The van der Waals surface area contributed by atoms with Crippen molar-refractivity contribution in [3.8, 4) is 0 Å². The van der Waals surface area contributed by atoms with Crippen LogP contribution in [-0.2, 0) is 0 Å². The summed E-state index contributed by atoms with van der Waals surface area (Å²) in [5.41, 5.74) is 1.86. The molecule has 0 spiro atoms. The minimum atomic E-state index is 0.236. The second-order valence-electron chi connectivity index (χ2n) is 3.04. The molecule has 0 aliphatic heterocycles. The fraction of sp³-hybridized carbons (Fsp3) is 0.300. The van der Waals surface area contributed by atoms with Gasteiger partial charge in [0.15, 0.2) is 0 Å². The van der Waals surface area contributed by atoms with Crippen LogP contribution in [0.2, 0.25) is 4.34 Å². The molecule has 2 aromatic rings. The Morgan fingerprint density at radius 2 is 2.33 bits per heavy atom. The van der Waals surface area contributed by atoms with Crippen molar-refractivity contribution in [2.75, 3.05) is 6.54 Å². The molecule has 5 heteroatoms. The first kappa shape index (κ1) is 11.1. The Hall–Kier alpha value is -0.420. The Labute approximate surface area is 102 Å². The third-order valence-electron chi connectivity index (χ3n) is 2.02. The summed E-state index contributed by atoms with van der Waals surface area (Å²) >= 11 is 9.23. The van der Waals surface area contributed by atoms with Gasteiger partial charge >= 0.3 is 0 Å². The topological polar surface area (TPSA) is 24.9 Å². The van der Waals surface area contributed by atoms with Gasteiger partial charge in [-0.05, 0) is 18.7 Å². The molecule has 0 saturated heterocycles. The van der Waals surface area contributed by atoms with Gasteiger partial charge in [-0.1, -0.05) is 18.5 Å². The Balaban J connectivity index is 2.27. The molecular weight excluding hydrogens is 248 g/mol. The van der Waals surface area contributed by atoms with E-state index in [1.165, 1.54) is 9.75 Å². The second-order valence-corrected chi connectivity index (χ2v) is 5.70. The number of hydrogen-bond acceptors (Lipinski definition) is 4. The predicted molar refractivity (Wildman–Crippen MR) is 67.0 cm³/mol. The Morgan fingerprint density at radius 3 is 2.87 bits per heavy atom. The quantitative estimate of drug-likeness (QED) is 0.907. The Kier molecular flexibility index (Phi) is 3.75. The van der Waals surface area contributed by atoms with Gasteiger partial charge in [-0.3, -0.25) is 4.98 Å². The summed E-state index contributed by atoms with van der Waals surface area (Å²) in [6.07, 6.45) is 1.91. The van der Waals surface area contributed by atoms with Gasteiger partial charge in [-0.25, -0.2) is 0 Å². The van der Waals surface area contributed by atoms with Crippen LogP contribution >= 0.6 is 34.3 Å². The van der Waals surface area contributed by atoms with Crippen LogP contribution in [0.3, 0.4) is 0 Å². The van der Waals surface area contributed by atoms with E-state index in [4.69, 9.17) is 11.6 Å². The van der Waals surface area contributed by atoms with Gasteiger partial charge in [-0.2, -0.15) is 0 Å². The van der Waals surface area contributed by atoms with Gasteiger partial charge in [-0.15, -0.1) is 22.7 Å². The summed E-state index contributed by atoms with van der Waals surface area (Å²) in [5, 5.41) is 3.44. The van der Waals surface area contributed by atoms with Gasteiger partial charge in [0, 0.05) is 16.0 Å². The first-order valence-corrected chi connectivity index (χ1v) is 6.75. The SMILES string of the molecule is CCNC(c1cncs1)c1ccc(Cl)s1. The third-order valence-corrected chi connectivity index (χ3v) is 4.16. The Bertz CT molecular complexity index is 411. The van der Waals surface area contributed by atoms with Crippen LogP contribution in [-0.4, -0.2) is 11.5 Å². The fourth-order valence-electron chi connectivity index (χ4n) is 1.40. The van der Waals surface area contributed by atoms with Crippen molar-refractivity contribution in [2.45, 2.75) is 13.0 Å². The van der Waals surface area contributed by atoms with E-state index in [2.05, 4.69) is 23.3 Å². The predicted octanol–water partition coefficient (Wildman–Crippen LogP) is 3.56. The van der Waals surface area contributed by atoms with Crippen LogP contribution < -0.4 is 5.32 Å². The van der Waals surface area contributed by atoms with E-state index in [-0.39, 0.29) is 6.04 Å². The van der Waals surface area contributed by atoms with Gasteiger partial charge in [0.25, 0.3) is 0 Å². The molecule has 2 rings (SSSR count). The normalized spacial score (nSPS) is 12.9. The summed E-state index contributed by atoms with van der Waals surface area (Å²) < 4.78 is 0.831. The van der Waals surface area contributed by atoms with E-state index in [0.717, 1.165) is 10.9 Å². The number of halogens is 1. The van der Waals surface area contributed by atoms with E-state index < -0.39 is 0 Å². The first-order valence-electron chi connectivity index (χ1n) is 4.68. The summed E-state index contributed by atoms with van der Waals surface area (Å²) in [6.45, 7) is 3.03. The number of rotatable bonds is 4. The van der Waals surface area contributed by atoms with Gasteiger partial charge < -0.3 is 5.32 Å². The van der Waals surface area contributed by atoms with Crippen molar-refractivity contribution in [1.82, 2.24) is 10.3 Å². The van der Waals surface area contributed by atoms with Crippen molar-refractivity contribution < 1.29 is 0 Å². The maximum absolute atomic E-state index is 5.94. The molecule has 15 heavy (non-hydrogen) atoms. The molecule has 2 nitrogen and oxygen atoms in total. The minimum Gasteiger partial charge on any atom is -0.305 e. The summed E-state index contributed by atoms with van der Waals surface area (Å²) in [6, 6.07) is 4.24. The molecule has 1 N–H and O–H groups in total. The number of nitrogens with zero attached hydrogens (tertiary/aromatic N) is 1. The molecule has 1 unspecified atom stereocenters. The molecule has 2 heterocycles. The lowest BCUT2D eigenvalue weighted by molar-refractivity contribution is 0.648. The van der Waals surface area contributed by atoms with Crippen molar-refractivity contribution in [3.05, 3.63) is 37.9 Å². The standard InChI is InChI=1S/C10H11ClN2S2/c1-2-13-10(8-5-12-6-14-8)7-3-4-9(11)15-7/h3-6,10,13H,2H2,1H3. The zero-order valence-electron chi connectivity index (χ0n) is 8.24. The molecule has 0 bridgehead atoms. The van der Waals surface area contributed by atoms with Crippen LogP contribution in [0.25, 0.3) is 0 Å². The molecular formula is C10H11ClN2S2. The summed E-state index contributed by atoms with van der Waals surface area (Å²) in [7, 11) is 0. The molecule has 0 aliphatic carbocycles. The molecule has 80 valence electrons. The molecule has 0 aromatic carbocycles. The average molecular weight is 259 g/mol. The van der Waals surface area contributed by atoms with Gasteiger partial charge in [0.05, 0.1) is 15.9 Å². The Morgan fingerprint density at radius 1 is 1.47 bits per heavy atom. The maximum atomic E-state index is 5.94. The lowest BCUT2D eigenvalue weighted by Gasteiger charge is -2.13. The lowest BCUT2D eigenvalue weighted by Crippen LogP contribution is -2.20. The highest BCUT2D eigenvalue weighted by Gasteiger charge is 2.16. The van der Waals surface area contributed by atoms with Crippen molar-refractivity contribution in [3.63, 3.8) is 0 Å².